The summed E-state index contributed by atoms with van der Waals surface area (Å²) < 4.78 is 47.9. The average molecular weight is 394 g/mol. The van der Waals surface area contributed by atoms with Crippen molar-refractivity contribution in [1.82, 2.24) is 4.90 Å². The number of carbonyl (C=O) groups excluding carboxylic acids is 1. The molecule has 3 rings (SSSR count). The number of carbonyl (C=O) groups is 1. The second-order valence-corrected chi connectivity index (χ2v) is 8.46. The molecule has 1 aliphatic carbocycles. The van der Waals surface area contributed by atoms with Gasteiger partial charge in [-0.3, -0.25) is 9.69 Å². The molecular formula is C19H20F2N2O3S. The molecule has 2 aromatic rings. The number of likely N-dealkylation sites (N-methyl/N-ethyl adjacent to an activating group) is 1. The van der Waals surface area contributed by atoms with Crippen LogP contribution in [0.2, 0.25) is 0 Å². The molecule has 27 heavy (non-hydrogen) atoms. The second kappa shape index (κ2) is 7.74. The molecule has 0 aromatic heterocycles. The molecule has 1 N–H and O–H groups in total. The third-order valence-electron chi connectivity index (χ3n) is 4.73. The van der Waals surface area contributed by atoms with Crippen LogP contribution in [0, 0.1) is 0 Å². The summed E-state index contributed by atoms with van der Waals surface area (Å²) in [6.07, 6.45) is 1.93. The van der Waals surface area contributed by atoms with Crippen molar-refractivity contribution in [1.29, 1.82) is 0 Å². The molecule has 0 heterocycles. The van der Waals surface area contributed by atoms with Gasteiger partial charge in [-0.1, -0.05) is 24.3 Å². The molecule has 1 amide bonds. The van der Waals surface area contributed by atoms with Gasteiger partial charge in [-0.25, -0.2) is 8.42 Å². The van der Waals surface area contributed by atoms with Gasteiger partial charge in [-0.15, -0.1) is 0 Å². The summed E-state index contributed by atoms with van der Waals surface area (Å²) in [5, 5.41) is 2.67. The molecule has 0 fully saturated rings. The van der Waals surface area contributed by atoms with Crippen molar-refractivity contribution in [2.75, 3.05) is 18.9 Å². The highest BCUT2D eigenvalue weighted by molar-refractivity contribution is 7.91. The first-order valence-electron chi connectivity index (χ1n) is 8.49. The number of hydrogen-bond acceptors (Lipinski definition) is 4. The summed E-state index contributed by atoms with van der Waals surface area (Å²) in [5.74, 6) is -3.73. The lowest BCUT2D eigenvalue weighted by Gasteiger charge is -2.24. The first-order chi connectivity index (χ1) is 12.8. The van der Waals surface area contributed by atoms with Crippen molar-refractivity contribution in [2.45, 2.75) is 29.5 Å². The topological polar surface area (TPSA) is 66.5 Å². The third kappa shape index (κ3) is 4.17. The third-order valence-corrected chi connectivity index (χ3v) is 6.13. The van der Waals surface area contributed by atoms with E-state index in [-0.39, 0.29) is 18.5 Å². The number of halogens is 2. The normalized spacial score (nSPS) is 16.6. The Morgan fingerprint density at radius 2 is 1.85 bits per heavy atom. The van der Waals surface area contributed by atoms with Gasteiger partial charge in [-0.05, 0) is 55.3 Å². The highest BCUT2D eigenvalue weighted by Crippen LogP contribution is 2.34. The van der Waals surface area contributed by atoms with Crippen molar-refractivity contribution in [2.24, 2.45) is 0 Å². The van der Waals surface area contributed by atoms with Gasteiger partial charge >= 0.3 is 5.76 Å². The van der Waals surface area contributed by atoms with Gasteiger partial charge in [0.1, 0.15) is 0 Å². The lowest BCUT2D eigenvalue weighted by atomic mass is 10.1. The van der Waals surface area contributed by atoms with E-state index < -0.39 is 20.5 Å². The van der Waals surface area contributed by atoms with E-state index in [4.69, 9.17) is 0 Å². The Hall–Kier alpha value is -2.32. The predicted molar refractivity (Wildman–Crippen MR) is 98.4 cm³/mol. The minimum atomic E-state index is -4.63. The number of nitrogens with zero attached hydrogens (tertiary/aromatic N) is 1. The SMILES string of the molecule is CN(CC(=O)Nc1ccc(S(=O)(=O)C(F)F)cc1)C1CCc2ccccc21. The Labute approximate surface area is 156 Å². The molecule has 8 heteroatoms. The Balaban J connectivity index is 1.61. The predicted octanol–water partition coefficient (Wildman–Crippen LogP) is 3.24. The van der Waals surface area contributed by atoms with Crippen LogP contribution >= 0.6 is 0 Å². The fourth-order valence-corrected chi connectivity index (χ4v) is 4.08. The molecule has 0 bridgehead atoms. The van der Waals surface area contributed by atoms with Crippen molar-refractivity contribution in [3.63, 3.8) is 0 Å². The van der Waals surface area contributed by atoms with Gasteiger partial charge in [0.05, 0.1) is 11.4 Å². The minimum absolute atomic E-state index is 0.163. The molecule has 2 aromatic carbocycles. The van der Waals surface area contributed by atoms with Crippen LogP contribution in [0.3, 0.4) is 0 Å². The smallest absolute Gasteiger partial charge is 0.325 e. The molecule has 0 spiro atoms. The lowest BCUT2D eigenvalue weighted by Crippen LogP contribution is -2.32. The Morgan fingerprint density at radius 1 is 1.19 bits per heavy atom. The number of aryl methyl sites for hydroxylation is 1. The summed E-state index contributed by atoms with van der Waals surface area (Å²) in [6, 6.07) is 13.1. The Bertz CT molecular complexity index is 930. The van der Waals surface area contributed by atoms with E-state index in [1.54, 1.807) is 0 Å². The summed E-state index contributed by atoms with van der Waals surface area (Å²) >= 11 is 0. The van der Waals surface area contributed by atoms with Gasteiger partial charge in [0.15, 0.2) is 0 Å². The number of hydrogen-bond donors (Lipinski definition) is 1. The van der Waals surface area contributed by atoms with Crippen molar-refractivity contribution >= 4 is 21.4 Å². The molecule has 1 atom stereocenters. The van der Waals surface area contributed by atoms with Gasteiger partial charge in [-0.2, -0.15) is 8.78 Å². The second-order valence-electron chi connectivity index (χ2n) is 6.55. The number of rotatable bonds is 6. The van der Waals surface area contributed by atoms with Crippen molar-refractivity contribution in [3.8, 4) is 0 Å². The number of amides is 1. The van der Waals surface area contributed by atoms with Crippen LogP contribution in [0.15, 0.2) is 53.4 Å². The Morgan fingerprint density at radius 3 is 2.52 bits per heavy atom. The molecule has 1 aliphatic rings. The maximum absolute atomic E-state index is 12.5. The zero-order valence-corrected chi connectivity index (χ0v) is 15.5. The first-order valence-corrected chi connectivity index (χ1v) is 10.0. The highest BCUT2D eigenvalue weighted by atomic mass is 32.2. The largest absolute Gasteiger partial charge is 0.341 e. The van der Waals surface area contributed by atoms with E-state index >= 15 is 0 Å². The maximum atomic E-state index is 12.5. The van der Waals surface area contributed by atoms with Crippen LogP contribution in [0.4, 0.5) is 14.5 Å². The number of fused-ring (bicyclic) bond motifs is 1. The van der Waals surface area contributed by atoms with E-state index in [1.165, 1.54) is 23.3 Å². The number of sulfone groups is 1. The van der Waals surface area contributed by atoms with Crippen LogP contribution in [0.25, 0.3) is 0 Å². The zero-order valence-electron chi connectivity index (χ0n) is 14.7. The quantitative estimate of drug-likeness (QED) is 0.817. The van der Waals surface area contributed by atoms with E-state index in [9.17, 15) is 22.0 Å². The molecule has 144 valence electrons. The van der Waals surface area contributed by atoms with Gasteiger partial charge < -0.3 is 5.32 Å². The van der Waals surface area contributed by atoms with Gasteiger partial charge in [0.25, 0.3) is 0 Å². The number of nitrogens with one attached hydrogen (secondary N) is 1. The number of anilines is 1. The van der Waals surface area contributed by atoms with Crippen LogP contribution in [0.1, 0.15) is 23.6 Å². The van der Waals surface area contributed by atoms with Crippen LogP contribution < -0.4 is 5.32 Å². The summed E-state index contributed by atoms with van der Waals surface area (Å²) in [7, 11) is -2.76. The molecular weight excluding hydrogens is 374 g/mol. The monoisotopic (exact) mass is 394 g/mol. The Kier molecular flexibility index (Phi) is 5.57. The molecule has 1 unspecified atom stereocenters. The molecule has 0 saturated heterocycles. The molecule has 0 radical (unpaired) electrons. The van der Waals surface area contributed by atoms with Gasteiger partial charge in [0.2, 0.25) is 15.7 Å². The standard InChI is InChI=1S/C19H20F2N2O3S/c1-23(17-11-6-13-4-2-3-5-16(13)17)12-18(24)22-14-7-9-15(10-8-14)27(25,26)19(20)21/h2-5,7-10,17,19H,6,11-12H2,1H3,(H,22,24). The zero-order chi connectivity index (χ0) is 19.6. The lowest BCUT2D eigenvalue weighted by molar-refractivity contribution is -0.117. The van der Waals surface area contributed by atoms with Crippen LogP contribution in [-0.2, 0) is 21.1 Å². The summed E-state index contributed by atoms with van der Waals surface area (Å²) in [5.41, 5.74) is 2.88. The summed E-state index contributed by atoms with van der Waals surface area (Å²) in [4.78, 5) is 13.8. The van der Waals surface area contributed by atoms with E-state index in [0.717, 1.165) is 25.0 Å². The average Bonchev–Trinajstić information content (AvgIpc) is 3.06. The number of alkyl halides is 2. The molecule has 0 saturated carbocycles. The van der Waals surface area contributed by atoms with Crippen LogP contribution in [0.5, 0.6) is 0 Å². The van der Waals surface area contributed by atoms with E-state index in [2.05, 4.69) is 17.4 Å². The van der Waals surface area contributed by atoms with E-state index in [0.29, 0.717) is 5.69 Å². The van der Waals surface area contributed by atoms with Crippen molar-refractivity contribution < 1.29 is 22.0 Å². The first kappa shape index (κ1) is 19.4. The minimum Gasteiger partial charge on any atom is -0.325 e. The highest BCUT2D eigenvalue weighted by Gasteiger charge is 2.27. The fourth-order valence-electron chi connectivity index (χ4n) is 3.36. The van der Waals surface area contributed by atoms with Crippen molar-refractivity contribution in [3.05, 3.63) is 59.7 Å². The molecule has 5 nitrogen and oxygen atoms in total. The maximum Gasteiger partial charge on any atom is 0.341 e. The fraction of sp³-hybridized carbons (Fsp3) is 0.316. The van der Waals surface area contributed by atoms with Gasteiger partial charge in [0, 0.05) is 11.7 Å². The van der Waals surface area contributed by atoms with E-state index in [1.807, 2.05) is 24.1 Å². The summed E-state index contributed by atoms with van der Waals surface area (Å²) in [6.45, 7) is 0.163. The molecule has 0 aliphatic heterocycles. The number of benzene rings is 2. The van der Waals surface area contributed by atoms with Crippen LogP contribution in [-0.4, -0.2) is 38.6 Å².